The molecule has 2 unspecified atom stereocenters. The molecule has 0 saturated carbocycles. The zero-order valence-electron chi connectivity index (χ0n) is 16.9. The van der Waals surface area contributed by atoms with Gasteiger partial charge in [0.1, 0.15) is 11.6 Å². The van der Waals surface area contributed by atoms with E-state index in [2.05, 4.69) is 18.7 Å². The zero-order chi connectivity index (χ0) is 21.0. The second-order valence-electron chi connectivity index (χ2n) is 7.47. The average molecular weight is 417 g/mol. The monoisotopic (exact) mass is 416 g/mol. The van der Waals surface area contributed by atoms with Crippen molar-refractivity contribution in [3.05, 3.63) is 70.5 Å². The Morgan fingerprint density at radius 3 is 2.59 bits per heavy atom. The number of hydrogen-bond donors (Lipinski definition) is 0. The number of rotatable bonds is 5. The number of nitrogens with zero attached hydrogens (tertiary/aromatic N) is 2. The molecule has 0 spiro atoms. The smallest absolute Gasteiger partial charge is 0.246 e. The van der Waals surface area contributed by atoms with Crippen molar-refractivity contribution in [3.63, 3.8) is 0 Å². The van der Waals surface area contributed by atoms with E-state index in [9.17, 15) is 9.18 Å². The number of hydrogen-bond acceptors (Lipinski definition) is 3. The minimum absolute atomic E-state index is 0.0142. The Bertz CT molecular complexity index is 885. The van der Waals surface area contributed by atoms with Gasteiger partial charge in [-0.25, -0.2) is 4.39 Å². The number of ether oxygens (including phenoxy) is 1. The van der Waals surface area contributed by atoms with Gasteiger partial charge in [0, 0.05) is 37.8 Å². The second kappa shape index (κ2) is 9.42. The van der Waals surface area contributed by atoms with Gasteiger partial charge in [0.2, 0.25) is 5.91 Å². The first-order chi connectivity index (χ1) is 13.9. The molecule has 4 nitrogen and oxygen atoms in total. The van der Waals surface area contributed by atoms with Crippen molar-refractivity contribution in [1.82, 2.24) is 9.80 Å². The third kappa shape index (κ3) is 5.37. The minimum atomic E-state index is -0.226. The van der Waals surface area contributed by atoms with Crippen LogP contribution in [0.5, 0.6) is 5.75 Å². The Morgan fingerprint density at radius 2 is 1.90 bits per heavy atom. The van der Waals surface area contributed by atoms with Gasteiger partial charge in [0.05, 0.1) is 12.1 Å². The SMILES string of the molecule is COc1cc(/C=C/C(=O)N2CC(C)N(Cc3ccc(F)cc3)CC2C)ccc1Cl. The van der Waals surface area contributed by atoms with Gasteiger partial charge in [-0.05, 0) is 55.3 Å². The van der Waals surface area contributed by atoms with Crippen LogP contribution in [0.3, 0.4) is 0 Å². The molecule has 3 rings (SSSR count). The van der Waals surface area contributed by atoms with Crippen LogP contribution in [-0.4, -0.2) is 48.0 Å². The number of carbonyl (C=O) groups is 1. The summed E-state index contributed by atoms with van der Waals surface area (Å²) < 4.78 is 18.3. The van der Waals surface area contributed by atoms with Gasteiger partial charge in [0.15, 0.2) is 0 Å². The molecule has 2 aromatic rings. The van der Waals surface area contributed by atoms with Crippen molar-refractivity contribution in [2.45, 2.75) is 32.5 Å². The summed E-state index contributed by atoms with van der Waals surface area (Å²) in [4.78, 5) is 17.0. The molecular weight excluding hydrogens is 391 g/mol. The van der Waals surface area contributed by atoms with Gasteiger partial charge < -0.3 is 9.64 Å². The van der Waals surface area contributed by atoms with Crippen molar-refractivity contribution in [3.8, 4) is 5.75 Å². The molecule has 29 heavy (non-hydrogen) atoms. The third-order valence-electron chi connectivity index (χ3n) is 5.29. The molecule has 154 valence electrons. The van der Waals surface area contributed by atoms with Crippen molar-refractivity contribution in [2.75, 3.05) is 20.2 Å². The Balaban J connectivity index is 1.63. The van der Waals surface area contributed by atoms with Gasteiger partial charge in [0.25, 0.3) is 0 Å². The molecule has 1 saturated heterocycles. The molecule has 0 aliphatic carbocycles. The summed E-state index contributed by atoms with van der Waals surface area (Å²) in [6, 6.07) is 12.3. The lowest BCUT2D eigenvalue weighted by molar-refractivity contribution is -0.131. The van der Waals surface area contributed by atoms with Gasteiger partial charge in [-0.2, -0.15) is 0 Å². The molecule has 1 heterocycles. The quantitative estimate of drug-likeness (QED) is 0.666. The number of benzene rings is 2. The zero-order valence-corrected chi connectivity index (χ0v) is 17.7. The van der Waals surface area contributed by atoms with Crippen LogP contribution in [0, 0.1) is 5.82 Å². The number of methoxy groups -OCH3 is 1. The van der Waals surface area contributed by atoms with Crippen molar-refractivity contribution < 1.29 is 13.9 Å². The van der Waals surface area contributed by atoms with E-state index in [1.807, 2.05) is 23.1 Å². The summed E-state index contributed by atoms with van der Waals surface area (Å²) >= 11 is 6.05. The summed E-state index contributed by atoms with van der Waals surface area (Å²) in [5, 5.41) is 0.538. The second-order valence-corrected chi connectivity index (χ2v) is 7.88. The number of piperazine rings is 1. The van der Waals surface area contributed by atoms with Crippen molar-refractivity contribution in [1.29, 1.82) is 0 Å². The maximum atomic E-state index is 13.1. The first-order valence-electron chi connectivity index (χ1n) is 9.68. The highest BCUT2D eigenvalue weighted by atomic mass is 35.5. The van der Waals surface area contributed by atoms with Crippen LogP contribution >= 0.6 is 11.6 Å². The molecule has 0 bridgehead atoms. The predicted molar refractivity (Wildman–Crippen MR) is 114 cm³/mol. The molecule has 2 aromatic carbocycles. The van der Waals surface area contributed by atoms with E-state index in [4.69, 9.17) is 16.3 Å². The minimum Gasteiger partial charge on any atom is -0.495 e. The average Bonchev–Trinajstić information content (AvgIpc) is 2.71. The fourth-order valence-electron chi connectivity index (χ4n) is 3.59. The molecule has 1 amide bonds. The highest BCUT2D eigenvalue weighted by Gasteiger charge is 2.30. The van der Waals surface area contributed by atoms with Gasteiger partial charge in [-0.3, -0.25) is 9.69 Å². The standard InChI is InChI=1S/C23H26ClFN2O2/c1-16-14-27(17(2)13-26(16)15-19-4-8-20(25)9-5-19)23(28)11-7-18-6-10-21(24)22(12-18)29-3/h4-12,16-17H,13-15H2,1-3H3/b11-7+. The van der Waals surface area contributed by atoms with Crippen LogP contribution in [0.4, 0.5) is 4.39 Å². The first kappa shape index (κ1) is 21.3. The van der Waals surface area contributed by atoms with Crippen LogP contribution in [-0.2, 0) is 11.3 Å². The van der Waals surface area contributed by atoms with Crippen LogP contribution in [0.2, 0.25) is 5.02 Å². The van der Waals surface area contributed by atoms with Crippen LogP contribution in [0.1, 0.15) is 25.0 Å². The topological polar surface area (TPSA) is 32.8 Å². The molecule has 1 aliphatic rings. The van der Waals surface area contributed by atoms with Crippen LogP contribution in [0.25, 0.3) is 6.08 Å². The fraction of sp³-hybridized carbons (Fsp3) is 0.348. The van der Waals surface area contributed by atoms with Crippen molar-refractivity contribution in [2.24, 2.45) is 0 Å². The fourth-order valence-corrected chi connectivity index (χ4v) is 3.79. The Hall–Kier alpha value is -2.37. The number of carbonyl (C=O) groups excluding carboxylic acids is 1. The first-order valence-corrected chi connectivity index (χ1v) is 10.1. The van der Waals surface area contributed by atoms with E-state index in [1.54, 1.807) is 31.4 Å². The molecule has 0 radical (unpaired) electrons. The highest BCUT2D eigenvalue weighted by molar-refractivity contribution is 6.32. The molecule has 0 aromatic heterocycles. The molecule has 1 fully saturated rings. The van der Waals surface area contributed by atoms with Gasteiger partial charge in [-0.1, -0.05) is 29.8 Å². The number of halogens is 2. The summed E-state index contributed by atoms with van der Waals surface area (Å²) in [6.45, 7) is 6.33. The van der Waals surface area contributed by atoms with E-state index < -0.39 is 0 Å². The largest absolute Gasteiger partial charge is 0.495 e. The summed E-state index contributed by atoms with van der Waals surface area (Å²) in [6.07, 6.45) is 3.38. The van der Waals surface area contributed by atoms with E-state index in [0.29, 0.717) is 17.3 Å². The predicted octanol–water partition coefficient (Wildman–Crippen LogP) is 4.62. The van der Waals surface area contributed by atoms with Crippen LogP contribution in [0.15, 0.2) is 48.5 Å². The lowest BCUT2D eigenvalue weighted by atomic mass is 10.1. The summed E-state index contributed by atoms with van der Waals surface area (Å²) in [7, 11) is 1.56. The van der Waals surface area contributed by atoms with Crippen molar-refractivity contribution >= 4 is 23.6 Å². The molecule has 2 atom stereocenters. The van der Waals surface area contributed by atoms with E-state index >= 15 is 0 Å². The summed E-state index contributed by atoms with van der Waals surface area (Å²) in [5.41, 5.74) is 1.93. The molecule has 6 heteroatoms. The Morgan fingerprint density at radius 1 is 1.17 bits per heavy atom. The Kier molecular flexibility index (Phi) is 6.93. The molecular formula is C23H26ClFN2O2. The lowest BCUT2D eigenvalue weighted by Gasteiger charge is -2.44. The van der Waals surface area contributed by atoms with E-state index in [0.717, 1.165) is 24.2 Å². The van der Waals surface area contributed by atoms with Crippen LogP contribution < -0.4 is 4.74 Å². The van der Waals surface area contributed by atoms with Gasteiger partial charge in [-0.15, -0.1) is 0 Å². The lowest BCUT2D eigenvalue weighted by Crippen LogP contribution is -2.57. The third-order valence-corrected chi connectivity index (χ3v) is 5.60. The maximum absolute atomic E-state index is 13.1. The van der Waals surface area contributed by atoms with E-state index in [-0.39, 0.29) is 23.8 Å². The Labute approximate surface area is 176 Å². The highest BCUT2D eigenvalue weighted by Crippen LogP contribution is 2.26. The normalized spacial score (nSPS) is 20.2. The molecule has 1 aliphatic heterocycles. The maximum Gasteiger partial charge on any atom is 0.246 e. The van der Waals surface area contributed by atoms with E-state index in [1.165, 1.54) is 12.1 Å². The van der Waals surface area contributed by atoms with Gasteiger partial charge >= 0.3 is 0 Å². The number of amides is 1. The molecule has 0 N–H and O–H groups in total. The summed E-state index contributed by atoms with van der Waals surface area (Å²) in [5.74, 6) is 0.341.